The van der Waals surface area contributed by atoms with Crippen molar-refractivity contribution in [3.8, 4) is 0 Å². The highest BCUT2D eigenvalue weighted by molar-refractivity contribution is 7.58. The first-order chi connectivity index (χ1) is 8.93. The summed E-state index contributed by atoms with van der Waals surface area (Å²) in [6, 6.07) is 0. The zero-order valence-corrected chi connectivity index (χ0v) is 12.4. The van der Waals surface area contributed by atoms with Gasteiger partial charge in [-0.3, -0.25) is 0 Å². The summed E-state index contributed by atoms with van der Waals surface area (Å²) in [6.45, 7) is 10.1. The van der Waals surface area contributed by atoms with E-state index in [2.05, 4.69) is 20.9 Å². The Kier molecular flexibility index (Phi) is 11.0. The van der Waals surface area contributed by atoms with Crippen LogP contribution in [0.3, 0.4) is 0 Å². The number of hydrogen-bond acceptors (Lipinski definition) is 5. The summed E-state index contributed by atoms with van der Waals surface area (Å²) in [6.07, 6.45) is 3.59. The van der Waals surface area contributed by atoms with Crippen LogP contribution >= 0.6 is 0 Å². The third-order valence-electron chi connectivity index (χ3n) is 3.24. The van der Waals surface area contributed by atoms with E-state index in [1.807, 2.05) is 0 Å². The van der Waals surface area contributed by atoms with Crippen molar-refractivity contribution in [3.05, 3.63) is 0 Å². The highest BCUT2D eigenvalue weighted by atomic mass is 32.1. The average Bonchev–Trinajstić information content (AvgIpc) is 2.39. The summed E-state index contributed by atoms with van der Waals surface area (Å²) in [7, 11) is 0. The number of rotatable bonds is 3. The van der Waals surface area contributed by atoms with Gasteiger partial charge in [0.25, 0.3) is 0 Å². The van der Waals surface area contributed by atoms with Crippen LogP contribution in [-0.4, -0.2) is 69.6 Å². The molecule has 0 aromatic heterocycles. The Morgan fingerprint density at radius 1 is 0.778 bits per heavy atom. The molecule has 0 saturated carbocycles. The molecule has 0 radical (unpaired) electrons. The van der Waals surface area contributed by atoms with Crippen LogP contribution in [0.15, 0.2) is 0 Å². The smallest absolute Gasteiger partial charge is 0.0107 e. The van der Waals surface area contributed by atoms with Crippen molar-refractivity contribution in [1.29, 1.82) is 0 Å². The van der Waals surface area contributed by atoms with Gasteiger partial charge in [0, 0.05) is 26.2 Å². The van der Waals surface area contributed by atoms with Gasteiger partial charge in [0.05, 0.1) is 0 Å². The molecule has 1 aliphatic heterocycles. The molecule has 5 heteroatoms. The maximum Gasteiger partial charge on any atom is 0.0107 e. The summed E-state index contributed by atoms with van der Waals surface area (Å²) in [5, 5.41) is 10.5. The predicted octanol–water partition coefficient (Wildman–Crippen LogP) is -0.212. The van der Waals surface area contributed by atoms with Crippen LogP contribution in [0.25, 0.3) is 0 Å². The molecular weight excluding hydrogens is 244 g/mol. The quantitative estimate of drug-likeness (QED) is 0.621. The lowest BCUT2D eigenvalue weighted by molar-refractivity contribution is 0.269. The molecule has 3 N–H and O–H groups in total. The molecule has 108 valence electrons. The summed E-state index contributed by atoms with van der Waals surface area (Å²) in [5.74, 6) is 0.883. The minimum atomic E-state index is 0.883. The molecule has 0 aliphatic carbocycles. The average molecular weight is 273 g/mol. The van der Waals surface area contributed by atoms with Crippen LogP contribution in [0.1, 0.15) is 19.3 Å². The molecule has 4 nitrogen and oxygen atoms in total. The molecule has 0 atom stereocenters. The zero-order valence-electron chi connectivity index (χ0n) is 11.5. The molecule has 0 unspecified atom stereocenters. The van der Waals surface area contributed by atoms with Gasteiger partial charge in [-0.2, -0.15) is 5.75 Å². The molecule has 0 amide bonds. The lowest BCUT2D eigenvalue weighted by atomic mass is 10.3. The van der Waals surface area contributed by atoms with Crippen LogP contribution in [0.5, 0.6) is 0 Å². The van der Waals surface area contributed by atoms with Gasteiger partial charge in [-0.05, 0) is 45.6 Å². The first kappa shape index (κ1) is 16.2. The van der Waals surface area contributed by atoms with Crippen LogP contribution in [0.2, 0.25) is 0 Å². The molecule has 1 rings (SSSR count). The second-order valence-electron chi connectivity index (χ2n) is 4.86. The van der Waals surface area contributed by atoms with Crippen LogP contribution in [0.4, 0.5) is 0 Å². The molecule has 1 aliphatic rings. The summed E-state index contributed by atoms with van der Waals surface area (Å²) >= 11 is 5.04. The van der Waals surface area contributed by atoms with Crippen molar-refractivity contribution < 1.29 is 0 Å². The van der Waals surface area contributed by atoms with E-state index in [0.29, 0.717) is 0 Å². The summed E-state index contributed by atoms with van der Waals surface area (Å²) < 4.78 is 0. The van der Waals surface area contributed by atoms with Gasteiger partial charge in [0.2, 0.25) is 0 Å². The molecule has 1 saturated heterocycles. The maximum absolute atomic E-state index is 5.04. The van der Waals surface area contributed by atoms with Gasteiger partial charge in [0.1, 0.15) is 0 Å². The standard InChI is InChI=1S/C13H30N4S/c18-13-3-11-17-10-2-6-15-8-7-14-4-1-5-16-9-12-17/h14-16,18H,1-13H2/p-1. The lowest BCUT2D eigenvalue weighted by Gasteiger charge is -2.23. The fourth-order valence-corrected chi connectivity index (χ4v) is 2.31. The minimum absolute atomic E-state index is 0.883. The molecule has 1 heterocycles. The zero-order chi connectivity index (χ0) is 12.9. The van der Waals surface area contributed by atoms with Crippen molar-refractivity contribution in [2.75, 3.05) is 64.7 Å². The van der Waals surface area contributed by atoms with E-state index in [0.717, 1.165) is 64.5 Å². The van der Waals surface area contributed by atoms with Gasteiger partial charge in [0.15, 0.2) is 0 Å². The van der Waals surface area contributed by atoms with Crippen LogP contribution < -0.4 is 16.0 Å². The number of hydrogen-bond donors (Lipinski definition) is 3. The normalized spacial score (nSPS) is 22.5. The Morgan fingerprint density at radius 2 is 1.44 bits per heavy atom. The third-order valence-corrected chi connectivity index (χ3v) is 3.53. The van der Waals surface area contributed by atoms with Crippen molar-refractivity contribution in [2.45, 2.75) is 19.3 Å². The largest absolute Gasteiger partial charge is 0.793 e. The Hall–Kier alpha value is 0.190. The fraction of sp³-hybridized carbons (Fsp3) is 1.00. The van der Waals surface area contributed by atoms with E-state index >= 15 is 0 Å². The fourth-order valence-electron chi connectivity index (χ4n) is 2.18. The van der Waals surface area contributed by atoms with E-state index in [-0.39, 0.29) is 0 Å². The molecule has 1 fully saturated rings. The van der Waals surface area contributed by atoms with Crippen molar-refractivity contribution in [3.63, 3.8) is 0 Å². The topological polar surface area (TPSA) is 39.3 Å². The molecule has 18 heavy (non-hydrogen) atoms. The lowest BCUT2D eigenvalue weighted by Crippen LogP contribution is -2.37. The van der Waals surface area contributed by atoms with Crippen molar-refractivity contribution in [2.24, 2.45) is 0 Å². The highest BCUT2D eigenvalue weighted by Gasteiger charge is 2.03. The number of nitrogens with zero attached hydrogens (tertiary/aromatic N) is 1. The van der Waals surface area contributed by atoms with E-state index in [4.69, 9.17) is 12.6 Å². The van der Waals surface area contributed by atoms with Crippen LogP contribution in [-0.2, 0) is 12.6 Å². The predicted molar refractivity (Wildman–Crippen MR) is 81.1 cm³/mol. The number of nitrogens with one attached hydrogen (secondary N) is 3. The van der Waals surface area contributed by atoms with Crippen molar-refractivity contribution >= 4 is 12.6 Å². The van der Waals surface area contributed by atoms with E-state index in [1.54, 1.807) is 0 Å². The molecule has 0 spiro atoms. The van der Waals surface area contributed by atoms with Gasteiger partial charge in [-0.25, -0.2) is 0 Å². The van der Waals surface area contributed by atoms with Crippen LogP contribution in [0, 0.1) is 0 Å². The van der Waals surface area contributed by atoms with E-state index in [9.17, 15) is 0 Å². The van der Waals surface area contributed by atoms with Gasteiger partial charge < -0.3 is 33.5 Å². The summed E-state index contributed by atoms with van der Waals surface area (Å²) in [5.41, 5.74) is 0. The first-order valence-electron chi connectivity index (χ1n) is 7.36. The monoisotopic (exact) mass is 273 g/mol. The third kappa shape index (κ3) is 9.16. The molecular formula is C13H29N4S-. The van der Waals surface area contributed by atoms with Crippen molar-refractivity contribution in [1.82, 2.24) is 20.9 Å². The molecule has 0 aromatic rings. The Balaban J connectivity index is 2.20. The first-order valence-corrected chi connectivity index (χ1v) is 7.94. The summed E-state index contributed by atoms with van der Waals surface area (Å²) in [4.78, 5) is 2.55. The second-order valence-corrected chi connectivity index (χ2v) is 5.26. The Labute approximate surface area is 118 Å². The van der Waals surface area contributed by atoms with Gasteiger partial charge >= 0.3 is 0 Å². The minimum Gasteiger partial charge on any atom is -0.793 e. The van der Waals surface area contributed by atoms with E-state index in [1.165, 1.54) is 19.4 Å². The highest BCUT2D eigenvalue weighted by Crippen LogP contribution is 1.94. The Morgan fingerprint density at radius 3 is 2.17 bits per heavy atom. The molecule has 0 aromatic carbocycles. The Bertz CT molecular complexity index is 166. The van der Waals surface area contributed by atoms with Gasteiger partial charge in [-0.1, -0.05) is 6.42 Å². The maximum atomic E-state index is 5.04. The SMILES string of the molecule is [S-]CCCN1CCCNCCNCCCNCC1. The molecule has 0 bridgehead atoms. The van der Waals surface area contributed by atoms with E-state index < -0.39 is 0 Å². The second kappa shape index (κ2) is 12.2. The van der Waals surface area contributed by atoms with Gasteiger partial charge in [-0.15, -0.1) is 0 Å².